The van der Waals surface area contributed by atoms with Crippen molar-refractivity contribution in [3.63, 3.8) is 0 Å². The summed E-state index contributed by atoms with van der Waals surface area (Å²) in [6.07, 6.45) is 4.90. The molecule has 0 bridgehead atoms. The maximum absolute atomic E-state index is 13.6. The Morgan fingerprint density at radius 1 is 1.23 bits per heavy atom. The summed E-state index contributed by atoms with van der Waals surface area (Å²) in [6, 6.07) is 7.79. The van der Waals surface area contributed by atoms with Gasteiger partial charge in [0.05, 0.1) is 29.2 Å². The van der Waals surface area contributed by atoms with Crippen LogP contribution in [-0.4, -0.2) is 69.4 Å². The van der Waals surface area contributed by atoms with Gasteiger partial charge in [-0.1, -0.05) is 32.9 Å². The molecule has 12 nitrogen and oxygen atoms in total. The number of carbonyl (C=O) groups excluding carboxylic acids is 1. The molecule has 1 saturated carbocycles. The van der Waals surface area contributed by atoms with Crippen molar-refractivity contribution in [2.45, 2.75) is 89.8 Å². The summed E-state index contributed by atoms with van der Waals surface area (Å²) in [4.78, 5) is 32.8. The lowest BCUT2D eigenvalue weighted by molar-refractivity contribution is -0.384. The smallest absolute Gasteiger partial charge is 0.269 e. The summed E-state index contributed by atoms with van der Waals surface area (Å²) >= 11 is 0. The van der Waals surface area contributed by atoms with E-state index in [1.807, 2.05) is 13.8 Å². The van der Waals surface area contributed by atoms with Crippen molar-refractivity contribution in [3.8, 4) is 0 Å². The van der Waals surface area contributed by atoms with Gasteiger partial charge in [-0.3, -0.25) is 19.6 Å². The van der Waals surface area contributed by atoms with Crippen molar-refractivity contribution < 1.29 is 23.6 Å². The van der Waals surface area contributed by atoms with Crippen LogP contribution in [0.5, 0.6) is 0 Å². The summed E-state index contributed by atoms with van der Waals surface area (Å²) in [5, 5.41) is 19.1. The van der Waals surface area contributed by atoms with Crippen molar-refractivity contribution in [2.24, 2.45) is 5.92 Å². The maximum atomic E-state index is 13.6. The van der Waals surface area contributed by atoms with E-state index in [0.29, 0.717) is 23.6 Å². The predicted octanol–water partition coefficient (Wildman–Crippen LogP) is 5.20. The highest BCUT2D eigenvalue weighted by atomic mass is 28.4. The average molecular weight is 609 g/mol. The molecule has 0 amide bonds. The Balaban J connectivity index is 1.32. The molecule has 3 heterocycles. The van der Waals surface area contributed by atoms with E-state index < -0.39 is 19.0 Å². The molecule has 0 radical (unpaired) electrons. The Bertz CT molecular complexity index is 1500. The molecule has 2 fully saturated rings. The number of nitro groups is 1. The zero-order valence-corrected chi connectivity index (χ0v) is 26.7. The molecule has 1 saturated heterocycles. The van der Waals surface area contributed by atoms with Gasteiger partial charge < -0.3 is 19.2 Å². The second kappa shape index (κ2) is 11.5. The van der Waals surface area contributed by atoms with E-state index in [4.69, 9.17) is 13.9 Å². The minimum atomic E-state index is -1.96. The van der Waals surface area contributed by atoms with Crippen molar-refractivity contribution >= 4 is 25.6 Å². The number of fused-ring (bicyclic) bond motifs is 1. The number of benzene rings is 1. The number of anilines is 1. The lowest BCUT2D eigenvalue weighted by atomic mass is 10.1. The largest absolute Gasteiger partial charge is 0.416 e. The topological polar surface area (TPSA) is 144 Å². The Hall–Kier alpha value is -3.52. The Labute approximate surface area is 252 Å². The summed E-state index contributed by atoms with van der Waals surface area (Å²) < 4.78 is 20.8. The quantitative estimate of drug-likeness (QED) is 0.141. The molecular formula is C30H40N6O6Si. The van der Waals surface area contributed by atoms with Crippen LogP contribution >= 0.6 is 0 Å². The highest BCUT2D eigenvalue weighted by Crippen LogP contribution is 2.44. The molecule has 1 aliphatic heterocycles. The van der Waals surface area contributed by atoms with Crippen LogP contribution in [-0.2, 0) is 20.4 Å². The van der Waals surface area contributed by atoms with Crippen LogP contribution in [0.25, 0.3) is 0 Å². The average Bonchev–Trinajstić information content (AvgIpc) is 3.61. The minimum Gasteiger partial charge on any atom is -0.416 e. The van der Waals surface area contributed by atoms with Crippen LogP contribution in [0, 0.1) is 16.0 Å². The Kier molecular flexibility index (Phi) is 8.29. The summed E-state index contributed by atoms with van der Waals surface area (Å²) in [7, 11) is -1.96. The van der Waals surface area contributed by atoms with Crippen LogP contribution in [0.3, 0.4) is 0 Å². The van der Waals surface area contributed by atoms with Crippen molar-refractivity contribution in [3.05, 3.63) is 76.0 Å². The second-order valence-electron chi connectivity index (χ2n) is 13.3. The normalized spacial score (nSPS) is 23.2. The first-order chi connectivity index (χ1) is 20.1. The van der Waals surface area contributed by atoms with Crippen LogP contribution in [0.15, 0.2) is 49.1 Å². The molecule has 230 valence electrons. The van der Waals surface area contributed by atoms with Crippen LogP contribution in [0.2, 0.25) is 18.1 Å². The Morgan fingerprint density at radius 2 is 1.98 bits per heavy atom. The SMILES string of the molecule is CC1(C)O[C@@H]2[C@@H](CO[Si](C)(C)C(C)(C)C)C[C@@H](Nc3ncncc3C(=O)c3ccn(Cc4cccc([N+](=O)[O-])c4)n3)[C@@H]2O1. The van der Waals surface area contributed by atoms with Gasteiger partial charge in [-0.2, -0.15) is 5.10 Å². The van der Waals surface area contributed by atoms with Crippen LogP contribution in [0.1, 0.15) is 62.7 Å². The molecule has 2 aliphatic rings. The highest BCUT2D eigenvalue weighted by molar-refractivity contribution is 6.74. The first-order valence-electron chi connectivity index (χ1n) is 14.5. The third-order valence-electron chi connectivity index (χ3n) is 8.66. The molecule has 2 aromatic heterocycles. The van der Waals surface area contributed by atoms with Gasteiger partial charge in [0.1, 0.15) is 23.9 Å². The van der Waals surface area contributed by atoms with E-state index >= 15 is 0 Å². The van der Waals surface area contributed by atoms with E-state index in [1.165, 1.54) is 24.7 Å². The van der Waals surface area contributed by atoms with E-state index in [2.05, 4.69) is 54.2 Å². The third-order valence-corrected chi connectivity index (χ3v) is 13.2. The molecule has 13 heteroatoms. The monoisotopic (exact) mass is 608 g/mol. The van der Waals surface area contributed by atoms with E-state index in [9.17, 15) is 14.9 Å². The molecule has 3 aromatic rings. The highest BCUT2D eigenvalue weighted by Gasteiger charge is 2.54. The summed E-state index contributed by atoms with van der Waals surface area (Å²) in [6.45, 7) is 15.9. The predicted molar refractivity (Wildman–Crippen MR) is 162 cm³/mol. The summed E-state index contributed by atoms with van der Waals surface area (Å²) in [5.74, 6) is -0.557. The number of aromatic nitrogens is 4. The fraction of sp³-hybridized carbons (Fsp3) is 0.533. The number of nitrogens with one attached hydrogen (secondary N) is 1. The van der Waals surface area contributed by atoms with Crippen LogP contribution < -0.4 is 5.32 Å². The van der Waals surface area contributed by atoms with Crippen LogP contribution in [0.4, 0.5) is 11.5 Å². The number of nitrogens with zero attached hydrogens (tertiary/aromatic N) is 5. The molecule has 5 rings (SSSR count). The number of ether oxygens (including phenoxy) is 2. The first-order valence-corrected chi connectivity index (χ1v) is 17.4. The fourth-order valence-corrected chi connectivity index (χ4v) is 6.44. The molecule has 4 atom stereocenters. The van der Waals surface area contributed by atoms with Gasteiger partial charge in [0.2, 0.25) is 5.78 Å². The number of ketones is 1. The van der Waals surface area contributed by atoms with E-state index in [0.717, 1.165) is 6.42 Å². The lowest BCUT2D eigenvalue weighted by Gasteiger charge is -2.37. The fourth-order valence-electron chi connectivity index (χ4n) is 5.37. The zero-order valence-electron chi connectivity index (χ0n) is 25.7. The first kappa shape index (κ1) is 30.9. The van der Waals surface area contributed by atoms with Crippen molar-refractivity contribution in [1.29, 1.82) is 0 Å². The van der Waals surface area contributed by atoms with Gasteiger partial charge in [-0.05, 0) is 50.0 Å². The van der Waals surface area contributed by atoms with Gasteiger partial charge in [-0.15, -0.1) is 0 Å². The molecule has 0 unspecified atom stereocenters. The molecule has 1 N–H and O–H groups in total. The molecule has 43 heavy (non-hydrogen) atoms. The number of hydrogen-bond acceptors (Lipinski definition) is 10. The van der Waals surface area contributed by atoms with Gasteiger partial charge in [0.25, 0.3) is 5.69 Å². The Morgan fingerprint density at radius 3 is 2.70 bits per heavy atom. The molecular weight excluding hydrogens is 568 g/mol. The minimum absolute atomic E-state index is 0.00100. The number of hydrogen-bond donors (Lipinski definition) is 1. The van der Waals surface area contributed by atoms with Gasteiger partial charge in [-0.25, -0.2) is 9.97 Å². The van der Waals surface area contributed by atoms with E-state index in [1.54, 1.807) is 29.1 Å². The van der Waals surface area contributed by atoms with Gasteiger partial charge >= 0.3 is 0 Å². The molecule has 0 spiro atoms. The zero-order chi connectivity index (χ0) is 31.2. The summed E-state index contributed by atoms with van der Waals surface area (Å²) in [5.41, 5.74) is 1.21. The number of carbonyl (C=O) groups is 1. The lowest BCUT2D eigenvalue weighted by Crippen LogP contribution is -2.43. The molecule has 1 aliphatic carbocycles. The number of rotatable bonds is 10. The van der Waals surface area contributed by atoms with E-state index in [-0.39, 0.29) is 52.9 Å². The maximum Gasteiger partial charge on any atom is 0.269 e. The second-order valence-corrected chi connectivity index (χ2v) is 18.1. The molecule has 1 aromatic carbocycles. The number of non-ortho nitro benzene ring substituents is 1. The van der Waals surface area contributed by atoms with Crippen molar-refractivity contribution in [2.75, 3.05) is 11.9 Å². The van der Waals surface area contributed by atoms with Gasteiger partial charge in [0.15, 0.2) is 14.1 Å². The van der Waals surface area contributed by atoms with Gasteiger partial charge in [0, 0.05) is 37.1 Å². The van der Waals surface area contributed by atoms with Crippen molar-refractivity contribution in [1.82, 2.24) is 19.7 Å². The number of nitro benzene ring substituents is 1. The third kappa shape index (κ3) is 6.69. The standard InChI is InChI=1S/C30H40N6O6Si/c1-29(2,3)43(6,7)40-17-20-14-24(27-26(20)41-30(4,5)42-27)33-28-22(15-31-18-32-28)25(37)23-11-12-35(34-23)16-19-9-8-10-21(13-19)36(38)39/h8-13,15,18,20,24,26-27H,14,16-17H2,1-7H3,(H,31,32,33)/t20-,24-,26-,27+/m1/s1.